The van der Waals surface area contributed by atoms with Crippen LogP contribution in [0.1, 0.15) is 38.1 Å². The van der Waals surface area contributed by atoms with Gasteiger partial charge in [-0.25, -0.2) is 9.97 Å². The number of hydrogen-bond acceptors (Lipinski definition) is 3. The van der Waals surface area contributed by atoms with Crippen LogP contribution in [0.15, 0.2) is 18.3 Å². The topological polar surface area (TPSA) is 39.9 Å². The van der Waals surface area contributed by atoms with Gasteiger partial charge in [0.05, 0.1) is 0 Å². The van der Waals surface area contributed by atoms with Crippen LogP contribution in [0.3, 0.4) is 0 Å². The summed E-state index contributed by atoms with van der Waals surface area (Å²) in [6.45, 7) is 3.99. The Morgan fingerprint density at radius 2 is 2.47 bits per heavy atom. The highest BCUT2D eigenvalue weighted by molar-refractivity contribution is 5.71. The number of pyridine rings is 1. The van der Waals surface area contributed by atoms with E-state index >= 15 is 0 Å². The molecule has 3 heterocycles. The SMILES string of the molecule is CCCn1c(C2CCCO2)nc2cccnc21. The van der Waals surface area contributed by atoms with Gasteiger partial charge in [-0.05, 0) is 31.4 Å². The van der Waals surface area contributed by atoms with Crippen LogP contribution < -0.4 is 0 Å². The molecule has 2 aromatic rings. The fourth-order valence-electron chi connectivity index (χ4n) is 2.45. The lowest BCUT2D eigenvalue weighted by Crippen LogP contribution is -2.08. The Bertz CT molecular complexity index is 514. The molecule has 1 aliphatic heterocycles. The maximum atomic E-state index is 5.74. The average Bonchev–Trinajstić information content (AvgIpc) is 2.97. The molecule has 0 aliphatic carbocycles. The number of imidazole rings is 1. The van der Waals surface area contributed by atoms with E-state index in [1.807, 2.05) is 18.3 Å². The van der Waals surface area contributed by atoms with E-state index in [0.717, 1.165) is 49.4 Å². The summed E-state index contributed by atoms with van der Waals surface area (Å²) in [7, 11) is 0. The smallest absolute Gasteiger partial charge is 0.160 e. The largest absolute Gasteiger partial charge is 0.370 e. The molecule has 0 spiro atoms. The zero-order chi connectivity index (χ0) is 11.7. The molecule has 0 bridgehead atoms. The molecule has 0 amide bonds. The van der Waals surface area contributed by atoms with Crippen LogP contribution in [0.25, 0.3) is 11.2 Å². The van der Waals surface area contributed by atoms with Crippen molar-refractivity contribution in [3.63, 3.8) is 0 Å². The fraction of sp³-hybridized carbons (Fsp3) is 0.538. The maximum Gasteiger partial charge on any atom is 0.160 e. The summed E-state index contributed by atoms with van der Waals surface area (Å²) in [5.74, 6) is 1.05. The van der Waals surface area contributed by atoms with Gasteiger partial charge in [-0.1, -0.05) is 6.92 Å². The summed E-state index contributed by atoms with van der Waals surface area (Å²) >= 11 is 0. The summed E-state index contributed by atoms with van der Waals surface area (Å²) in [6.07, 6.45) is 5.29. The molecular formula is C13H17N3O. The van der Waals surface area contributed by atoms with E-state index in [2.05, 4.69) is 21.5 Å². The highest BCUT2D eigenvalue weighted by atomic mass is 16.5. The van der Waals surface area contributed by atoms with E-state index in [0.29, 0.717) is 0 Å². The van der Waals surface area contributed by atoms with Crippen LogP contribution in [-0.2, 0) is 11.3 Å². The summed E-state index contributed by atoms with van der Waals surface area (Å²) in [5, 5.41) is 0. The van der Waals surface area contributed by atoms with Gasteiger partial charge in [-0.15, -0.1) is 0 Å². The Morgan fingerprint density at radius 1 is 1.53 bits per heavy atom. The first-order valence-corrected chi connectivity index (χ1v) is 6.33. The van der Waals surface area contributed by atoms with Gasteiger partial charge in [-0.2, -0.15) is 0 Å². The Morgan fingerprint density at radius 3 is 3.24 bits per heavy atom. The van der Waals surface area contributed by atoms with Crippen LogP contribution in [-0.4, -0.2) is 21.1 Å². The molecule has 1 atom stereocenters. The molecule has 1 aliphatic rings. The number of ether oxygens (including phenoxy) is 1. The lowest BCUT2D eigenvalue weighted by atomic mass is 10.2. The normalized spacial score (nSPS) is 20.2. The standard InChI is InChI=1S/C13H17N3O/c1-2-8-16-12-10(5-3-7-14-12)15-13(16)11-6-4-9-17-11/h3,5,7,11H,2,4,6,8-9H2,1H3. The predicted octanol–water partition coefficient (Wildman–Crippen LogP) is 2.69. The minimum absolute atomic E-state index is 0.163. The number of fused-ring (bicyclic) bond motifs is 1. The second-order valence-electron chi connectivity index (χ2n) is 4.47. The third kappa shape index (κ3) is 1.82. The molecule has 3 rings (SSSR count). The fourth-order valence-corrected chi connectivity index (χ4v) is 2.45. The minimum atomic E-state index is 0.163. The van der Waals surface area contributed by atoms with E-state index in [1.165, 1.54) is 0 Å². The van der Waals surface area contributed by atoms with Crippen LogP contribution in [0.5, 0.6) is 0 Å². The van der Waals surface area contributed by atoms with E-state index < -0.39 is 0 Å². The minimum Gasteiger partial charge on any atom is -0.370 e. The lowest BCUT2D eigenvalue weighted by molar-refractivity contribution is 0.102. The Hall–Kier alpha value is -1.42. The van der Waals surface area contributed by atoms with Gasteiger partial charge in [0.15, 0.2) is 5.65 Å². The lowest BCUT2D eigenvalue weighted by Gasteiger charge is -2.11. The second kappa shape index (κ2) is 4.45. The number of rotatable bonds is 3. The van der Waals surface area contributed by atoms with Crippen LogP contribution >= 0.6 is 0 Å². The van der Waals surface area contributed by atoms with Crippen molar-refractivity contribution in [2.45, 2.75) is 38.8 Å². The molecule has 0 radical (unpaired) electrons. The van der Waals surface area contributed by atoms with Crippen molar-refractivity contribution in [3.8, 4) is 0 Å². The monoisotopic (exact) mass is 231 g/mol. The molecule has 0 saturated carbocycles. The molecule has 1 saturated heterocycles. The molecule has 1 fully saturated rings. The third-order valence-corrected chi connectivity index (χ3v) is 3.20. The second-order valence-corrected chi connectivity index (χ2v) is 4.47. The number of hydrogen-bond donors (Lipinski definition) is 0. The van der Waals surface area contributed by atoms with Crippen molar-refractivity contribution in [1.82, 2.24) is 14.5 Å². The molecule has 4 heteroatoms. The van der Waals surface area contributed by atoms with Crippen molar-refractivity contribution in [2.75, 3.05) is 6.61 Å². The molecule has 1 unspecified atom stereocenters. The number of nitrogens with zero attached hydrogens (tertiary/aromatic N) is 3. The number of aryl methyl sites for hydroxylation is 1. The van der Waals surface area contributed by atoms with Gasteiger partial charge in [-0.3, -0.25) is 0 Å². The summed E-state index contributed by atoms with van der Waals surface area (Å²) in [5.41, 5.74) is 1.96. The Labute approximate surface area is 101 Å². The van der Waals surface area contributed by atoms with Crippen LogP contribution in [0.2, 0.25) is 0 Å². The van der Waals surface area contributed by atoms with E-state index in [-0.39, 0.29) is 6.10 Å². The van der Waals surface area contributed by atoms with Gasteiger partial charge >= 0.3 is 0 Å². The first kappa shape index (κ1) is 10.7. The molecular weight excluding hydrogens is 214 g/mol. The first-order chi connectivity index (χ1) is 8.40. The highest BCUT2D eigenvalue weighted by Gasteiger charge is 2.24. The predicted molar refractivity (Wildman–Crippen MR) is 65.7 cm³/mol. The third-order valence-electron chi connectivity index (χ3n) is 3.20. The zero-order valence-electron chi connectivity index (χ0n) is 10.1. The summed E-state index contributed by atoms with van der Waals surface area (Å²) in [6, 6.07) is 3.96. The van der Waals surface area contributed by atoms with Gasteiger partial charge in [0.25, 0.3) is 0 Å². The molecule has 2 aromatic heterocycles. The van der Waals surface area contributed by atoms with Crippen molar-refractivity contribution >= 4 is 11.2 Å². The maximum absolute atomic E-state index is 5.74. The summed E-state index contributed by atoms with van der Waals surface area (Å²) < 4.78 is 7.96. The van der Waals surface area contributed by atoms with E-state index in [4.69, 9.17) is 4.74 Å². The molecule has 0 N–H and O–H groups in total. The number of aromatic nitrogens is 3. The van der Waals surface area contributed by atoms with Gasteiger partial charge in [0.2, 0.25) is 0 Å². The molecule has 90 valence electrons. The Kier molecular flexibility index (Phi) is 2.81. The molecule has 4 nitrogen and oxygen atoms in total. The quantitative estimate of drug-likeness (QED) is 0.815. The Balaban J connectivity index is 2.11. The summed E-state index contributed by atoms with van der Waals surface area (Å²) in [4.78, 5) is 9.13. The molecule has 0 aromatic carbocycles. The van der Waals surface area contributed by atoms with E-state index in [9.17, 15) is 0 Å². The van der Waals surface area contributed by atoms with Crippen molar-refractivity contribution in [1.29, 1.82) is 0 Å². The average molecular weight is 231 g/mol. The first-order valence-electron chi connectivity index (χ1n) is 6.33. The van der Waals surface area contributed by atoms with Gasteiger partial charge in [0.1, 0.15) is 17.4 Å². The van der Waals surface area contributed by atoms with Gasteiger partial charge in [0, 0.05) is 19.3 Å². The van der Waals surface area contributed by atoms with Crippen LogP contribution in [0.4, 0.5) is 0 Å². The molecule has 17 heavy (non-hydrogen) atoms. The van der Waals surface area contributed by atoms with Gasteiger partial charge < -0.3 is 9.30 Å². The zero-order valence-corrected chi connectivity index (χ0v) is 10.1. The van der Waals surface area contributed by atoms with Crippen molar-refractivity contribution < 1.29 is 4.74 Å². The van der Waals surface area contributed by atoms with Crippen molar-refractivity contribution in [3.05, 3.63) is 24.2 Å². The van der Waals surface area contributed by atoms with Crippen molar-refractivity contribution in [2.24, 2.45) is 0 Å². The highest BCUT2D eigenvalue weighted by Crippen LogP contribution is 2.30. The van der Waals surface area contributed by atoms with E-state index in [1.54, 1.807) is 0 Å². The van der Waals surface area contributed by atoms with Crippen LogP contribution in [0, 0.1) is 0 Å².